The molecule has 148 valence electrons. The number of thioether (sulfide) groups is 1. The minimum absolute atomic E-state index is 0.0743. The van der Waals surface area contributed by atoms with Crippen LogP contribution in [0.5, 0.6) is 0 Å². The number of benzene rings is 1. The Labute approximate surface area is 172 Å². The Morgan fingerprint density at radius 1 is 1.29 bits per heavy atom. The third-order valence-corrected chi connectivity index (χ3v) is 6.03. The predicted molar refractivity (Wildman–Crippen MR) is 113 cm³/mol. The summed E-state index contributed by atoms with van der Waals surface area (Å²) in [5, 5.41) is 12.2. The number of hydrogen-bond acceptors (Lipinski definition) is 8. The van der Waals surface area contributed by atoms with Crippen molar-refractivity contribution in [2.75, 3.05) is 12.4 Å². The molecule has 7 nitrogen and oxygen atoms in total. The van der Waals surface area contributed by atoms with Crippen LogP contribution < -0.4 is 16.0 Å². The molecule has 0 radical (unpaired) electrons. The van der Waals surface area contributed by atoms with E-state index < -0.39 is 0 Å². The van der Waals surface area contributed by atoms with Gasteiger partial charge in [0.05, 0.1) is 17.7 Å². The van der Waals surface area contributed by atoms with Gasteiger partial charge in [0.15, 0.2) is 10.6 Å². The smallest absolute Gasteiger partial charge is 0.305 e. The Bertz CT molecular complexity index is 893. The minimum atomic E-state index is -0.206. The van der Waals surface area contributed by atoms with Gasteiger partial charge in [0.2, 0.25) is 5.91 Å². The van der Waals surface area contributed by atoms with Crippen LogP contribution in [-0.4, -0.2) is 29.5 Å². The highest BCUT2D eigenvalue weighted by Gasteiger charge is 2.25. The number of carbonyl (C=O) groups excluding carboxylic acids is 2. The Morgan fingerprint density at radius 2 is 2.04 bits per heavy atom. The van der Waals surface area contributed by atoms with Crippen molar-refractivity contribution in [3.63, 3.8) is 0 Å². The molecular weight excluding hydrogens is 396 g/mol. The highest BCUT2D eigenvalue weighted by Crippen LogP contribution is 2.38. The zero-order chi connectivity index (χ0) is 20.1. The average molecular weight is 419 g/mol. The van der Waals surface area contributed by atoms with Crippen LogP contribution in [0.15, 0.2) is 35.3 Å². The summed E-state index contributed by atoms with van der Waals surface area (Å²) in [6.07, 6.45) is 1.03. The van der Waals surface area contributed by atoms with Crippen LogP contribution in [0.1, 0.15) is 31.5 Å². The zero-order valence-corrected chi connectivity index (χ0v) is 17.5. The van der Waals surface area contributed by atoms with E-state index in [0.29, 0.717) is 12.8 Å². The lowest BCUT2D eigenvalue weighted by Gasteiger charge is -2.11. The van der Waals surface area contributed by atoms with Gasteiger partial charge in [-0.1, -0.05) is 23.9 Å². The molecule has 9 heteroatoms. The van der Waals surface area contributed by atoms with E-state index in [1.807, 2.05) is 36.6 Å². The minimum Gasteiger partial charge on any atom is -0.469 e. The number of rotatable bonds is 7. The van der Waals surface area contributed by atoms with Gasteiger partial charge in [-0.3, -0.25) is 9.59 Å². The summed E-state index contributed by atoms with van der Waals surface area (Å²) in [5.41, 5.74) is 3.72. The molecule has 0 saturated carbocycles. The molecule has 2 heterocycles. The average Bonchev–Trinajstić information content (AvgIpc) is 3.26. The van der Waals surface area contributed by atoms with Crippen LogP contribution >= 0.6 is 23.1 Å². The van der Waals surface area contributed by atoms with E-state index >= 15 is 0 Å². The van der Waals surface area contributed by atoms with Crippen LogP contribution in [0.2, 0.25) is 0 Å². The van der Waals surface area contributed by atoms with Gasteiger partial charge in [0.25, 0.3) is 0 Å². The van der Waals surface area contributed by atoms with Gasteiger partial charge in [-0.2, -0.15) is 0 Å². The number of carbonyl (C=O) groups is 2. The molecule has 3 N–H and O–H groups in total. The molecule has 0 saturated heterocycles. The van der Waals surface area contributed by atoms with Crippen LogP contribution in [0, 0.1) is 0 Å². The molecular formula is C19H22N4O3S2. The number of aromatic nitrogens is 1. The lowest BCUT2D eigenvalue weighted by Crippen LogP contribution is -2.38. The predicted octanol–water partition coefficient (Wildman–Crippen LogP) is 3.44. The molecule has 1 aliphatic rings. The van der Waals surface area contributed by atoms with E-state index in [4.69, 9.17) is 0 Å². The second-order valence-corrected chi connectivity index (χ2v) is 8.21. The molecule has 1 aliphatic heterocycles. The quantitative estimate of drug-likeness (QED) is 0.593. The van der Waals surface area contributed by atoms with Crippen molar-refractivity contribution in [1.29, 1.82) is 0 Å². The Morgan fingerprint density at radius 3 is 2.71 bits per heavy atom. The van der Waals surface area contributed by atoms with Gasteiger partial charge < -0.3 is 20.7 Å². The Kier molecular flexibility index (Phi) is 6.58. The lowest BCUT2D eigenvalue weighted by molar-refractivity contribution is -0.140. The molecule has 1 aromatic heterocycles. The number of esters is 1. The fourth-order valence-corrected chi connectivity index (χ4v) is 4.62. The Balaban J connectivity index is 1.60. The number of thiazole rings is 1. The second kappa shape index (κ2) is 9.11. The lowest BCUT2D eigenvalue weighted by atomic mass is 10.1. The number of amides is 1. The van der Waals surface area contributed by atoms with Crippen molar-refractivity contribution < 1.29 is 14.3 Å². The monoisotopic (exact) mass is 418 g/mol. The molecule has 28 heavy (non-hydrogen) atoms. The highest BCUT2D eigenvalue weighted by atomic mass is 32.2. The number of anilines is 2. The maximum atomic E-state index is 11.2. The zero-order valence-electron chi connectivity index (χ0n) is 15.9. The topological polar surface area (TPSA) is 92.3 Å². The van der Waals surface area contributed by atoms with E-state index in [0.717, 1.165) is 32.7 Å². The number of aryl methyl sites for hydroxylation is 1. The SMILES string of the molecule is COC(=O)CCc1ccc(Nc2nc(C3=C(C)N[C@H](NC(C)=O)S3)cs2)cc1. The van der Waals surface area contributed by atoms with Crippen LogP contribution in [-0.2, 0) is 20.7 Å². The van der Waals surface area contributed by atoms with E-state index in [2.05, 4.69) is 25.7 Å². The number of nitrogens with zero attached hydrogens (tertiary/aromatic N) is 1. The molecule has 0 aliphatic carbocycles. The van der Waals surface area contributed by atoms with Gasteiger partial charge in [-0.05, 0) is 31.0 Å². The van der Waals surface area contributed by atoms with E-state index in [1.54, 1.807) is 11.8 Å². The number of hydrogen-bond donors (Lipinski definition) is 3. The summed E-state index contributed by atoms with van der Waals surface area (Å²) < 4.78 is 4.66. The van der Waals surface area contributed by atoms with Crippen LogP contribution in [0.25, 0.3) is 4.91 Å². The van der Waals surface area contributed by atoms with E-state index in [9.17, 15) is 9.59 Å². The molecule has 0 unspecified atom stereocenters. The molecule has 2 aromatic rings. The molecule has 1 atom stereocenters. The number of ether oxygens (including phenoxy) is 1. The molecule has 1 aromatic carbocycles. The van der Waals surface area contributed by atoms with E-state index in [1.165, 1.54) is 25.4 Å². The number of methoxy groups -OCH3 is 1. The summed E-state index contributed by atoms with van der Waals surface area (Å²) in [6, 6.07) is 7.91. The molecule has 0 fully saturated rings. The van der Waals surface area contributed by atoms with Crippen molar-refractivity contribution in [1.82, 2.24) is 15.6 Å². The van der Waals surface area contributed by atoms with Crippen molar-refractivity contribution in [2.45, 2.75) is 32.2 Å². The summed E-state index contributed by atoms with van der Waals surface area (Å²) in [7, 11) is 1.40. The largest absolute Gasteiger partial charge is 0.469 e. The van der Waals surface area contributed by atoms with Crippen molar-refractivity contribution >= 4 is 50.7 Å². The maximum Gasteiger partial charge on any atom is 0.305 e. The first-order valence-corrected chi connectivity index (χ1v) is 10.5. The summed E-state index contributed by atoms with van der Waals surface area (Å²) in [6.45, 7) is 3.48. The van der Waals surface area contributed by atoms with Crippen molar-refractivity contribution in [3.8, 4) is 0 Å². The van der Waals surface area contributed by atoms with E-state index in [-0.39, 0.29) is 17.4 Å². The summed E-state index contributed by atoms with van der Waals surface area (Å²) in [4.78, 5) is 28.2. The maximum absolute atomic E-state index is 11.2. The fraction of sp³-hybridized carbons (Fsp3) is 0.316. The van der Waals surface area contributed by atoms with Crippen molar-refractivity contribution in [2.24, 2.45) is 0 Å². The first-order chi connectivity index (χ1) is 13.4. The van der Waals surface area contributed by atoms with Gasteiger partial charge in [-0.15, -0.1) is 11.3 Å². The standard InChI is InChI=1S/C19H22N4O3S2/c1-11-17(28-19(20-11)21-12(2)24)15-10-27-18(23-15)22-14-7-4-13(5-8-14)6-9-16(25)26-3/h4-5,7-8,10,19-20H,6,9H2,1-3H3,(H,21,24)(H,22,23)/t19-/m1/s1. The van der Waals surface area contributed by atoms with Crippen LogP contribution in [0.3, 0.4) is 0 Å². The molecule has 0 bridgehead atoms. The summed E-state index contributed by atoms with van der Waals surface area (Å²) >= 11 is 3.07. The molecule has 0 spiro atoms. The normalized spacial score (nSPS) is 15.9. The number of nitrogens with one attached hydrogen (secondary N) is 3. The first kappa shape index (κ1) is 20.2. The van der Waals surface area contributed by atoms with Gasteiger partial charge in [-0.25, -0.2) is 4.98 Å². The summed E-state index contributed by atoms with van der Waals surface area (Å²) in [5.74, 6) is -0.281. The van der Waals surface area contributed by atoms with Crippen molar-refractivity contribution in [3.05, 3.63) is 46.6 Å². The third kappa shape index (κ3) is 5.26. The molecule has 1 amide bonds. The van der Waals surface area contributed by atoms with Gasteiger partial charge >= 0.3 is 5.97 Å². The molecule has 3 rings (SSSR count). The van der Waals surface area contributed by atoms with Gasteiger partial charge in [0.1, 0.15) is 0 Å². The first-order valence-electron chi connectivity index (χ1n) is 8.74. The van der Waals surface area contributed by atoms with Crippen LogP contribution in [0.4, 0.5) is 10.8 Å². The Hall–Kier alpha value is -2.52. The second-order valence-electron chi connectivity index (χ2n) is 6.23. The highest BCUT2D eigenvalue weighted by molar-refractivity contribution is 8.09. The fourth-order valence-electron chi connectivity index (χ4n) is 2.66. The number of allylic oxidation sites excluding steroid dienone is 1. The third-order valence-electron chi connectivity index (χ3n) is 4.05. The van der Waals surface area contributed by atoms with Gasteiger partial charge in [0, 0.05) is 30.1 Å².